The zero-order valence-electron chi connectivity index (χ0n) is 11.5. The molecule has 110 valence electrons. The molecular weight excluding hydrogens is 278 g/mol. The number of rotatable bonds is 8. The summed E-state index contributed by atoms with van der Waals surface area (Å²) in [6.07, 6.45) is 1.12. The van der Waals surface area contributed by atoms with Crippen LogP contribution in [0, 0.1) is 5.92 Å². The summed E-state index contributed by atoms with van der Waals surface area (Å²) < 4.78 is 50.5. The average molecular weight is 301 g/mol. The quantitative estimate of drug-likeness (QED) is 0.642. The number of sulfonamides is 1. The van der Waals surface area contributed by atoms with Crippen molar-refractivity contribution in [2.24, 2.45) is 5.92 Å². The molecule has 0 rings (SSSR count). The summed E-state index contributed by atoms with van der Waals surface area (Å²) in [6.45, 7) is 4.37. The van der Waals surface area contributed by atoms with Crippen molar-refractivity contribution in [3.05, 3.63) is 0 Å². The molecule has 18 heavy (non-hydrogen) atoms. The van der Waals surface area contributed by atoms with Crippen molar-refractivity contribution in [2.45, 2.75) is 13.8 Å². The van der Waals surface area contributed by atoms with E-state index in [1.165, 1.54) is 18.4 Å². The number of hydrogen-bond donors (Lipinski definition) is 1. The van der Waals surface area contributed by atoms with Gasteiger partial charge < -0.3 is 0 Å². The second-order valence-electron chi connectivity index (χ2n) is 4.70. The van der Waals surface area contributed by atoms with E-state index in [0.717, 1.165) is 10.6 Å². The van der Waals surface area contributed by atoms with Gasteiger partial charge in [-0.1, -0.05) is 13.8 Å². The summed E-state index contributed by atoms with van der Waals surface area (Å²) in [7, 11) is -4.00. The molecule has 0 radical (unpaired) electrons. The fourth-order valence-electron chi connectivity index (χ4n) is 1.23. The first-order valence-corrected chi connectivity index (χ1v) is 8.88. The lowest BCUT2D eigenvalue weighted by Gasteiger charge is -2.22. The monoisotopic (exact) mass is 301 g/mol. The van der Waals surface area contributed by atoms with Crippen molar-refractivity contribution in [3.63, 3.8) is 0 Å². The minimum atomic E-state index is -3.51. The van der Waals surface area contributed by atoms with Gasteiger partial charge in [0.1, 0.15) is 0 Å². The standard InChI is InChI=1S/C9H23N3O4S2/c1-9(2)8-12(17(5,13)14)7-6-10-18(15,16)11(3)4/h9-10H,6-8H2,1-5H3. The zero-order valence-corrected chi connectivity index (χ0v) is 13.2. The maximum absolute atomic E-state index is 11.5. The Labute approximate surface area is 110 Å². The molecule has 0 unspecified atom stereocenters. The second kappa shape index (κ2) is 6.80. The first-order valence-electron chi connectivity index (χ1n) is 5.59. The lowest BCUT2D eigenvalue weighted by atomic mass is 10.2. The van der Waals surface area contributed by atoms with Crippen molar-refractivity contribution in [1.29, 1.82) is 0 Å². The van der Waals surface area contributed by atoms with Crippen LogP contribution in [0.15, 0.2) is 0 Å². The molecule has 9 heteroatoms. The van der Waals surface area contributed by atoms with Crippen LogP contribution in [-0.2, 0) is 20.2 Å². The van der Waals surface area contributed by atoms with E-state index in [1.807, 2.05) is 13.8 Å². The van der Waals surface area contributed by atoms with E-state index < -0.39 is 20.2 Å². The van der Waals surface area contributed by atoms with Crippen LogP contribution in [0.4, 0.5) is 0 Å². The van der Waals surface area contributed by atoms with Gasteiger partial charge in [-0.15, -0.1) is 0 Å². The maximum atomic E-state index is 11.5. The molecule has 0 spiro atoms. The van der Waals surface area contributed by atoms with E-state index in [0.29, 0.717) is 6.54 Å². The average Bonchev–Trinajstić information content (AvgIpc) is 2.13. The highest BCUT2D eigenvalue weighted by Gasteiger charge is 2.19. The van der Waals surface area contributed by atoms with Gasteiger partial charge in [-0.05, 0) is 5.92 Å². The summed E-state index contributed by atoms with van der Waals surface area (Å²) in [6, 6.07) is 0. The Morgan fingerprint density at radius 3 is 1.94 bits per heavy atom. The van der Waals surface area contributed by atoms with E-state index in [2.05, 4.69) is 4.72 Å². The molecule has 0 aromatic rings. The second-order valence-corrected chi connectivity index (χ2v) is 8.65. The predicted octanol–water partition coefficient (Wildman–Crippen LogP) is -0.700. The van der Waals surface area contributed by atoms with Gasteiger partial charge in [0, 0.05) is 33.7 Å². The molecular formula is C9H23N3O4S2. The molecule has 0 atom stereocenters. The first kappa shape index (κ1) is 17.8. The molecule has 1 N–H and O–H groups in total. The van der Waals surface area contributed by atoms with Gasteiger partial charge in [0.2, 0.25) is 10.0 Å². The van der Waals surface area contributed by atoms with E-state index in [9.17, 15) is 16.8 Å². The van der Waals surface area contributed by atoms with E-state index in [-0.39, 0.29) is 19.0 Å². The summed E-state index contributed by atoms with van der Waals surface area (Å²) in [5.41, 5.74) is 0. The highest BCUT2D eigenvalue weighted by atomic mass is 32.2. The van der Waals surface area contributed by atoms with Gasteiger partial charge >= 0.3 is 0 Å². The van der Waals surface area contributed by atoms with Crippen LogP contribution in [0.25, 0.3) is 0 Å². The third-order valence-corrected chi connectivity index (χ3v) is 4.96. The normalized spacial score (nSPS) is 13.8. The van der Waals surface area contributed by atoms with E-state index >= 15 is 0 Å². The van der Waals surface area contributed by atoms with Crippen LogP contribution in [0.1, 0.15) is 13.8 Å². The molecule has 0 bridgehead atoms. The smallest absolute Gasteiger partial charge is 0.213 e. The SMILES string of the molecule is CC(C)CN(CCNS(=O)(=O)N(C)C)S(C)(=O)=O. The van der Waals surface area contributed by atoms with E-state index in [1.54, 1.807) is 0 Å². The molecule has 0 aliphatic rings. The maximum Gasteiger partial charge on any atom is 0.278 e. The van der Waals surface area contributed by atoms with Crippen LogP contribution in [0.2, 0.25) is 0 Å². The topological polar surface area (TPSA) is 86.8 Å². The summed E-state index contributed by atoms with van der Waals surface area (Å²) in [5, 5.41) is 0. The van der Waals surface area contributed by atoms with Crippen molar-refractivity contribution in [1.82, 2.24) is 13.3 Å². The highest BCUT2D eigenvalue weighted by Crippen LogP contribution is 2.03. The van der Waals surface area contributed by atoms with Gasteiger partial charge in [0.25, 0.3) is 10.2 Å². The molecule has 0 saturated carbocycles. The fraction of sp³-hybridized carbons (Fsp3) is 1.00. The molecule has 0 fully saturated rings. The Balaban J connectivity index is 4.48. The Morgan fingerprint density at radius 1 is 1.11 bits per heavy atom. The molecule has 0 heterocycles. The minimum absolute atomic E-state index is 0.0559. The van der Waals surface area contributed by atoms with Crippen LogP contribution >= 0.6 is 0 Å². The lowest BCUT2D eigenvalue weighted by Crippen LogP contribution is -2.42. The van der Waals surface area contributed by atoms with E-state index in [4.69, 9.17) is 0 Å². The fourth-order valence-corrected chi connectivity index (χ4v) is 2.83. The van der Waals surface area contributed by atoms with Gasteiger partial charge in [-0.2, -0.15) is 12.7 Å². The first-order chi connectivity index (χ1) is 7.97. The van der Waals surface area contributed by atoms with Gasteiger partial charge in [0.05, 0.1) is 6.26 Å². The largest absolute Gasteiger partial charge is 0.278 e. The molecule has 0 aromatic heterocycles. The van der Waals surface area contributed by atoms with Gasteiger partial charge in [-0.25, -0.2) is 17.4 Å². The van der Waals surface area contributed by atoms with Crippen molar-refractivity contribution in [3.8, 4) is 0 Å². The molecule has 0 saturated heterocycles. The van der Waals surface area contributed by atoms with Gasteiger partial charge in [-0.3, -0.25) is 0 Å². The van der Waals surface area contributed by atoms with Gasteiger partial charge in [0.15, 0.2) is 0 Å². The predicted molar refractivity (Wildman–Crippen MR) is 71.9 cm³/mol. The Kier molecular flexibility index (Phi) is 6.72. The summed E-state index contributed by atoms with van der Waals surface area (Å²) >= 11 is 0. The van der Waals surface area contributed by atoms with Crippen LogP contribution in [0.3, 0.4) is 0 Å². The summed E-state index contributed by atoms with van der Waals surface area (Å²) in [4.78, 5) is 0. The molecule has 0 aliphatic heterocycles. The van der Waals surface area contributed by atoms with Crippen LogP contribution < -0.4 is 4.72 Å². The molecule has 0 aliphatic carbocycles. The number of nitrogens with zero attached hydrogens (tertiary/aromatic N) is 2. The highest BCUT2D eigenvalue weighted by molar-refractivity contribution is 7.88. The zero-order chi connectivity index (χ0) is 14.6. The Morgan fingerprint density at radius 2 is 1.61 bits per heavy atom. The minimum Gasteiger partial charge on any atom is -0.213 e. The van der Waals surface area contributed by atoms with Crippen molar-refractivity contribution >= 4 is 20.2 Å². The number of nitrogens with one attached hydrogen (secondary N) is 1. The number of hydrogen-bond acceptors (Lipinski definition) is 4. The van der Waals surface area contributed by atoms with Crippen LogP contribution in [0.5, 0.6) is 0 Å². The Hall–Kier alpha value is -0.220. The molecule has 0 amide bonds. The molecule has 7 nitrogen and oxygen atoms in total. The van der Waals surface area contributed by atoms with Crippen molar-refractivity contribution < 1.29 is 16.8 Å². The Bertz CT molecular complexity index is 442. The third-order valence-electron chi connectivity index (χ3n) is 2.16. The summed E-state index contributed by atoms with van der Waals surface area (Å²) in [5.74, 6) is 0.185. The molecule has 0 aromatic carbocycles. The van der Waals surface area contributed by atoms with Crippen LogP contribution in [-0.4, -0.2) is 65.4 Å². The third kappa shape index (κ3) is 6.64. The van der Waals surface area contributed by atoms with Crippen molar-refractivity contribution in [2.75, 3.05) is 40.0 Å². The lowest BCUT2D eigenvalue weighted by molar-refractivity contribution is 0.371.